The van der Waals surface area contributed by atoms with Crippen molar-refractivity contribution in [1.29, 1.82) is 0 Å². The van der Waals surface area contributed by atoms with Crippen LogP contribution in [0.25, 0.3) is 0 Å². The first kappa shape index (κ1) is 14.8. The van der Waals surface area contributed by atoms with Gasteiger partial charge in [0.2, 0.25) is 0 Å². The van der Waals surface area contributed by atoms with Crippen LogP contribution in [0, 0.1) is 0 Å². The molecule has 0 bridgehead atoms. The average molecular weight is 291 g/mol. The Kier molecular flexibility index (Phi) is 5.43. The molecule has 0 fully saturated rings. The minimum Gasteiger partial charge on any atom is -0.478 e. The van der Waals surface area contributed by atoms with Crippen LogP contribution in [0.2, 0.25) is 5.02 Å². The zero-order valence-electron chi connectivity index (χ0n) is 9.90. The highest BCUT2D eigenvalue weighted by Gasteiger charge is 2.14. The number of nitrogen functional groups attached to an aromatic ring is 1. The number of rotatable bonds is 6. The fourth-order valence-corrected chi connectivity index (χ4v) is 2.32. The van der Waals surface area contributed by atoms with Crippen molar-refractivity contribution in [2.24, 2.45) is 0 Å². The van der Waals surface area contributed by atoms with Gasteiger partial charge in [-0.05, 0) is 12.1 Å². The summed E-state index contributed by atoms with van der Waals surface area (Å²) in [5.74, 6) is -0.0949. The number of halogens is 1. The molecular weight excluding hydrogens is 276 g/mol. The third-order valence-corrected chi connectivity index (χ3v) is 3.90. The second-order valence-electron chi connectivity index (χ2n) is 3.59. The maximum absolute atomic E-state index is 11.3. The molecule has 0 saturated heterocycles. The summed E-state index contributed by atoms with van der Waals surface area (Å²) < 4.78 is 11.3. The molecule has 1 aromatic carbocycles. The highest BCUT2D eigenvalue weighted by Crippen LogP contribution is 2.29. The van der Waals surface area contributed by atoms with Gasteiger partial charge in [0.05, 0.1) is 16.3 Å². The first-order valence-corrected chi connectivity index (χ1v) is 7.23. The molecule has 0 aliphatic carbocycles. The zero-order valence-corrected chi connectivity index (χ0v) is 11.5. The number of carbonyl (C=O) groups is 1. The Morgan fingerprint density at radius 3 is 2.78 bits per heavy atom. The van der Waals surface area contributed by atoms with E-state index in [2.05, 4.69) is 5.32 Å². The normalized spacial score (nSPS) is 12.1. The standard InChI is InChI=1S/C11H15ClN2O3S/c1-2-18(17)4-3-14-10-8(11(15)16)5-7(13)6-9(10)12/h5-6,14H,2-4,13H2,1H3,(H,15,16). The number of aromatic carboxylic acids is 1. The van der Waals surface area contributed by atoms with Crippen molar-refractivity contribution in [2.75, 3.05) is 29.1 Å². The predicted octanol–water partition coefficient (Wildman–Crippen LogP) is 1.80. The van der Waals surface area contributed by atoms with Crippen LogP contribution in [0.15, 0.2) is 12.1 Å². The molecule has 0 aliphatic heterocycles. The molecule has 4 N–H and O–H groups in total. The second kappa shape index (κ2) is 6.61. The van der Waals surface area contributed by atoms with Gasteiger partial charge in [0.25, 0.3) is 0 Å². The van der Waals surface area contributed by atoms with Crippen LogP contribution in [0.3, 0.4) is 0 Å². The largest absolute Gasteiger partial charge is 0.478 e. The number of nitrogens with one attached hydrogen (secondary N) is 1. The molecule has 1 atom stereocenters. The van der Waals surface area contributed by atoms with E-state index in [4.69, 9.17) is 22.4 Å². The SMILES string of the molecule is CCS(=O)CCNc1c(Cl)cc(N)cc1C(=O)O. The third-order valence-electron chi connectivity index (χ3n) is 2.30. The highest BCUT2D eigenvalue weighted by atomic mass is 35.5. The quantitative estimate of drug-likeness (QED) is 0.695. The molecule has 5 nitrogen and oxygen atoms in total. The summed E-state index contributed by atoms with van der Waals surface area (Å²) in [5, 5.41) is 12.2. The van der Waals surface area contributed by atoms with Crippen molar-refractivity contribution in [3.63, 3.8) is 0 Å². The molecule has 0 spiro atoms. The van der Waals surface area contributed by atoms with Crippen LogP contribution in [0.1, 0.15) is 17.3 Å². The van der Waals surface area contributed by atoms with E-state index in [-0.39, 0.29) is 10.6 Å². The number of anilines is 2. The Labute approximate surface area is 113 Å². The van der Waals surface area contributed by atoms with Gasteiger partial charge in [-0.3, -0.25) is 4.21 Å². The van der Waals surface area contributed by atoms with E-state index in [0.29, 0.717) is 29.4 Å². The minimum absolute atomic E-state index is 0.0160. The van der Waals surface area contributed by atoms with E-state index in [1.807, 2.05) is 6.92 Å². The smallest absolute Gasteiger partial charge is 0.337 e. The van der Waals surface area contributed by atoms with Crippen LogP contribution in [-0.2, 0) is 10.8 Å². The Balaban J connectivity index is 2.87. The third kappa shape index (κ3) is 3.89. The Bertz CT molecular complexity index is 480. The molecule has 18 heavy (non-hydrogen) atoms. The Morgan fingerprint density at radius 1 is 1.56 bits per heavy atom. The predicted molar refractivity (Wildman–Crippen MR) is 74.9 cm³/mol. The summed E-state index contributed by atoms with van der Waals surface area (Å²) in [4.78, 5) is 11.1. The molecule has 0 amide bonds. The van der Waals surface area contributed by atoms with E-state index in [9.17, 15) is 9.00 Å². The number of benzene rings is 1. The van der Waals surface area contributed by atoms with Crippen molar-refractivity contribution in [3.05, 3.63) is 22.7 Å². The minimum atomic E-state index is -1.11. The molecule has 100 valence electrons. The van der Waals surface area contributed by atoms with Gasteiger partial charge in [-0.1, -0.05) is 18.5 Å². The lowest BCUT2D eigenvalue weighted by atomic mass is 10.1. The van der Waals surface area contributed by atoms with E-state index in [1.165, 1.54) is 12.1 Å². The molecule has 7 heteroatoms. The van der Waals surface area contributed by atoms with Gasteiger partial charge in [0, 0.05) is 34.5 Å². The summed E-state index contributed by atoms with van der Waals surface area (Å²) >= 11 is 5.95. The Hall–Kier alpha value is -1.27. The summed E-state index contributed by atoms with van der Waals surface area (Å²) in [7, 11) is -0.907. The van der Waals surface area contributed by atoms with Crippen molar-refractivity contribution in [1.82, 2.24) is 0 Å². The molecule has 0 aliphatic rings. The number of nitrogens with two attached hydrogens (primary N) is 1. The van der Waals surface area contributed by atoms with E-state index in [1.54, 1.807) is 0 Å². The fraction of sp³-hybridized carbons (Fsp3) is 0.364. The monoisotopic (exact) mass is 290 g/mol. The van der Waals surface area contributed by atoms with Gasteiger partial charge >= 0.3 is 5.97 Å². The van der Waals surface area contributed by atoms with Gasteiger partial charge in [0.1, 0.15) is 0 Å². The fourth-order valence-electron chi connectivity index (χ4n) is 1.41. The van der Waals surface area contributed by atoms with Crippen molar-refractivity contribution in [2.45, 2.75) is 6.92 Å². The number of carboxylic acid groups (broad SMARTS) is 1. The molecule has 0 aromatic heterocycles. The Morgan fingerprint density at radius 2 is 2.22 bits per heavy atom. The van der Waals surface area contributed by atoms with Crippen molar-refractivity contribution >= 4 is 39.7 Å². The topological polar surface area (TPSA) is 92.4 Å². The van der Waals surface area contributed by atoms with E-state index >= 15 is 0 Å². The maximum Gasteiger partial charge on any atom is 0.337 e. The van der Waals surface area contributed by atoms with E-state index in [0.717, 1.165) is 0 Å². The van der Waals surface area contributed by atoms with Gasteiger partial charge < -0.3 is 16.2 Å². The van der Waals surface area contributed by atoms with E-state index < -0.39 is 16.8 Å². The molecule has 0 saturated carbocycles. The van der Waals surface area contributed by atoms with Gasteiger partial charge in [0.15, 0.2) is 0 Å². The van der Waals surface area contributed by atoms with Crippen molar-refractivity contribution in [3.8, 4) is 0 Å². The maximum atomic E-state index is 11.3. The number of hydrogen-bond donors (Lipinski definition) is 3. The number of hydrogen-bond acceptors (Lipinski definition) is 4. The molecule has 1 unspecified atom stereocenters. The van der Waals surface area contributed by atoms with Crippen LogP contribution in [0.4, 0.5) is 11.4 Å². The summed E-state index contributed by atoms with van der Waals surface area (Å²) in [6.45, 7) is 2.22. The van der Waals surface area contributed by atoms with Crippen LogP contribution in [0.5, 0.6) is 0 Å². The van der Waals surface area contributed by atoms with Crippen LogP contribution >= 0.6 is 11.6 Å². The van der Waals surface area contributed by atoms with Crippen LogP contribution < -0.4 is 11.1 Å². The zero-order chi connectivity index (χ0) is 13.7. The first-order valence-electron chi connectivity index (χ1n) is 5.36. The number of carboxylic acids is 1. The first-order chi connectivity index (χ1) is 8.45. The lowest BCUT2D eigenvalue weighted by molar-refractivity contribution is 0.0698. The molecule has 0 radical (unpaired) electrons. The summed E-state index contributed by atoms with van der Waals surface area (Å²) in [5.41, 5.74) is 6.16. The van der Waals surface area contributed by atoms with Crippen molar-refractivity contribution < 1.29 is 14.1 Å². The lowest BCUT2D eigenvalue weighted by Crippen LogP contribution is -2.15. The molecular formula is C11H15ClN2O3S. The highest BCUT2D eigenvalue weighted by molar-refractivity contribution is 7.84. The summed E-state index contributed by atoms with van der Waals surface area (Å²) in [6.07, 6.45) is 0. The van der Waals surface area contributed by atoms with Crippen LogP contribution in [-0.4, -0.2) is 33.3 Å². The van der Waals surface area contributed by atoms with Gasteiger partial charge in [-0.2, -0.15) is 0 Å². The second-order valence-corrected chi connectivity index (χ2v) is 5.86. The van der Waals surface area contributed by atoms with Gasteiger partial charge in [-0.25, -0.2) is 4.79 Å². The van der Waals surface area contributed by atoms with Gasteiger partial charge in [-0.15, -0.1) is 0 Å². The molecule has 0 heterocycles. The molecule has 1 aromatic rings. The average Bonchev–Trinajstić information content (AvgIpc) is 2.30. The molecule has 1 rings (SSSR count). The lowest BCUT2D eigenvalue weighted by Gasteiger charge is -2.12. The summed E-state index contributed by atoms with van der Waals surface area (Å²) in [6, 6.07) is 2.82.